The average molecular weight is 413 g/mol. The first-order valence-corrected chi connectivity index (χ1v) is 9.57. The van der Waals surface area contributed by atoms with Crippen LogP contribution in [0.15, 0.2) is 29.2 Å². The number of fused-ring (bicyclic) bond motifs is 1. The lowest BCUT2D eigenvalue weighted by Crippen LogP contribution is -2.63. The minimum absolute atomic E-state index is 0.0138. The van der Waals surface area contributed by atoms with Crippen LogP contribution in [0.1, 0.15) is 12.0 Å². The molecule has 10 heteroatoms. The lowest BCUT2D eigenvalue weighted by atomic mass is 9.90. The van der Waals surface area contributed by atoms with Crippen LogP contribution < -0.4 is 5.32 Å². The van der Waals surface area contributed by atoms with Gasteiger partial charge < -0.3 is 34.8 Å². The Balaban J connectivity index is 1.97. The second-order valence-electron chi connectivity index (χ2n) is 6.80. The first-order valence-electron chi connectivity index (χ1n) is 8.75. The number of aryl methyl sites for hydroxylation is 1. The molecule has 1 aromatic rings. The molecule has 1 amide bonds. The van der Waals surface area contributed by atoms with Gasteiger partial charge >= 0.3 is 12.1 Å². The van der Waals surface area contributed by atoms with Crippen molar-refractivity contribution in [1.82, 2.24) is 5.32 Å². The Bertz CT molecular complexity index is 729. The van der Waals surface area contributed by atoms with Crippen LogP contribution in [-0.4, -0.2) is 76.5 Å². The Morgan fingerprint density at radius 3 is 2.68 bits per heavy atom. The van der Waals surface area contributed by atoms with Gasteiger partial charge in [0.1, 0.15) is 24.4 Å². The third kappa shape index (κ3) is 3.96. The third-order valence-corrected chi connectivity index (χ3v) is 6.08. The van der Waals surface area contributed by atoms with Crippen molar-refractivity contribution < 1.29 is 39.1 Å². The number of alkyl carbamates (subject to hydrolysis) is 1. The summed E-state index contributed by atoms with van der Waals surface area (Å²) in [5.74, 6) is -0.713. The molecule has 2 fully saturated rings. The van der Waals surface area contributed by atoms with E-state index in [1.54, 1.807) is 0 Å². The van der Waals surface area contributed by atoms with E-state index >= 15 is 0 Å². The van der Waals surface area contributed by atoms with Crippen molar-refractivity contribution in [2.75, 3.05) is 13.7 Å². The van der Waals surface area contributed by atoms with E-state index in [0.29, 0.717) is 4.90 Å². The molecular weight excluding hydrogens is 390 g/mol. The fourth-order valence-electron chi connectivity index (χ4n) is 3.34. The van der Waals surface area contributed by atoms with E-state index in [2.05, 4.69) is 5.32 Å². The summed E-state index contributed by atoms with van der Waals surface area (Å²) in [6.45, 7) is 1.21. The Morgan fingerprint density at radius 1 is 1.39 bits per heavy atom. The molecule has 0 spiro atoms. The number of aliphatic hydroxyl groups is 3. The molecule has 1 unspecified atom stereocenters. The highest BCUT2D eigenvalue weighted by Crippen LogP contribution is 2.46. The number of esters is 1. The molecule has 2 saturated heterocycles. The quantitative estimate of drug-likeness (QED) is 0.473. The molecule has 0 saturated carbocycles. The van der Waals surface area contributed by atoms with Gasteiger partial charge in [0.2, 0.25) is 4.93 Å². The minimum atomic E-state index is -1.61. The molecule has 1 aromatic carbocycles. The summed E-state index contributed by atoms with van der Waals surface area (Å²) < 4.78 is 16.2. The molecule has 2 aliphatic heterocycles. The lowest BCUT2D eigenvalue weighted by molar-refractivity contribution is -0.199. The van der Waals surface area contributed by atoms with Gasteiger partial charge in [-0.15, -0.1) is 0 Å². The molecule has 154 valence electrons. The van der Waals surface area contributed by atoms with E-state index in [4.69, 9.17) is 14.2 Å². The van der Waals surface area contributed by atoms with Crippen LogP contribution in [-0.2, 0) is 19.0 Å². The Kier molecular flexibility index (Phi) is 6.15. The highest BCUT2D eigenvalue weighted by Gasteiger charge is 2.59. The SMILES string of the molecule is COC(=O)[C@@]1(Sc2ccc(C)cc2)C[C@@H]2OC(=O)N[C@H]2C([C@H](O)[C@H](O)CO)O1. The molecule has 0 bridgehead atoms. The Morgan fingerprint density at radius 2 is 2.07 bits per heavy atom. The van der Waals surface area contributed by atoms with E-state index < -0.39 is 54.1 Å². The standard InChI is InChI=1S/C18H23NO8S/c1-9-3-5-10(6-4-9)28-18(16(23)25-2)7-12-13(19-17(24)26-12)15(27-18)14(22)11(21)8-20/h3-6,11-15,20-22H,7-8H2,1-2H3,(H,19,24)/t11-,12+,13-,14-,15?,18+/m1/s1. The monoisotopic (exact) mass is 413 g/mol. The maximum Gasteiger partial charge on any atom is 0.407 e. The van der Waals surface area contributed by atoms with Crippen molar-refractivity contribution in [2.45, 2.75) is 53.6 Å². The smallest absolute Gasteiger partial charge is 0.407 e. The number of methoxy groups -OCH3 is 1. The second-order valence-corrected chi connectivity index (χ2v) is 8.14. The number of ether oxygens (including phenoxy) is 3. The van der Waals surface area contributed by atoms with Crippen LogP contribution in [0.4, 0.5) is 4.79 Å². The molecule has 9 nitrogen and oxygen atoms in total. The number of thioether (sulfide) groups is 1. The molecule has 0 radical (unpaired) electrons. The van der Waals surface area contributed by atoms with Gasteiger partial charge in [-0.1, -0.05) is 29.5 Å². The average Bonchev–Trinajstić information content (AvgIpc) is 3.06. The van der Waals surface area contributed by atoms with Crippen LogP contribution >= 0.6 is 11.8 Å². The van der Waals surface area contributed by atoms with E-state index in [1.807, 2.05) is 31.2 Å². The van der Waals surface area contributed by atoms with Crippen molar-refractivity contribution in [1.29, 1.82) is 0 Å². The van der Waals surface area contributed by atoms with Crippen molar-refractivity contribution in [3.8, 4) is 0 Å². The fourth-order valence-corrected chi connectivity index (χ4v) is 4.57. The largest absolute Gasteiger partial charge is 0.466 e. The topological polar surface area (TPSA) is 135 Å². The van der Waals surface area contributed by atoms with E-state index in [0.717, 1.165) is 17.3 Å². The van der Waals surface area contributed by atoms with E-state index in [-0.39, 0.29) is 6.42 Å². The normalized spacial score (nSPS) is 31.3. The highest BCUT2D eigenvalue weighted by molar-refractivity contribution is 8.01. The summed E-state index contributed by atoms with van der Waals surface area (Å²) in [7, 11) is 1.21. The number of carbonyl (C=O) groups excluding carboxylic acids is 2. The molecule has 4 N–H and O–H groups in total. The first kappa shape index (κ1) is 20.9. The lowest BCUT2D eigenvalue weighted by Gasteiger charge is -2.44. The molecule has 6 atom stereocenters. The van der Waals surface area contributed by atoms with Crippen LogP contribution in [0.2, 0.25) is 0 Å². The number of benzene rings is 1. The zero-order chi connectivity index (χ0) is 20.5. The van der Waals surface area contributed by atoms with Crippen LogP contribution in [0.5, 0.6) is 0 Å². The number of rotatable bonds is 6. The van der Waals surface area contributed by atoms with Crippen molar-refractivity contribution in [2.24, 2.45) is 0 Å². The molecule has 2 heterocycles. The predicted octanol–water partition coefficient (Wildman–Crippen LogP) is -0.0636. The van der Waals surface area contributed by atoms with Crippen molar-refractivity contribution in [3.63, 3.8) is 0 Å². The third-order valence-electron chi connectivity index (χ3n) is 4.81. The number of amides is 1. The summed E-state index contributed by atoms with van der Waals surface area (Å²) in [6.07, 6.45) is -5.81. The van der Waals surface area contributed by atoms with Crippen molar-refractivity contribution in [3.05, 3.63) is 29.8 Å². The van der Waals surface area contributed by atoms with Gasteiger partial charge in [0, 0.05) is 11.3 Å². The number of nitrogens with one attached hydrogen (secondary N) is 1. The van der Waals surface area contributed by atoms with Crippen LogP contribution in [0.3, 0.4) is 0 Å². The fraction of sp³-hybridized carbons (Fsp3) is 0.556. The van der Waals surface area contributed by atoms with E-state index in [1.165, 1.54) is 7.11 Å². The van der Waals surface area contributed by atoms with Crippen LogP contribution in [0.25, 0.3) is 0 Å². The van der Waals surface area contributed by atoms with E-state index in [9.17, 15) is 24.9 Å². The number of aliphatic hydroxyl groups excluding tert-OH is 3. The second kappa shape index (κ2) is 8.26. The van der Waals surface area contributed by atoms with Gasteiger partial charge in [0.25, 0.3) is 0 Å². The van der Waals surface area contributed by atoms with Crippen molar-refractivity contribution >= 4 is 23.8 Å². The highest BCUT2D eigenvalue weighted by atomic mass is 32.2. The Hall–Kier alpha value is -1.85. The first-order chi connectivity index (χ1) is 13.3. The summed E-state index contributed by atoms with van der Waals surface area (Å²) in [6, 6.07) is 6.58. The minimum Gasteiger partial charge on any atom is -0.466 e. The summed E-state index contributed by atoms with van der Waals surface area (Å²) >= 11 is 1.07. The zero-order valence-corrected chi connectivity index (χ0v) is 16.2. The van der Waals surface area contributed by atoms with Gasteiger partial charge in [0.05, 0.1) is 19.8 Å². The molecule has 0 aliphatic carbocycles. The maximum absolute atomic E-state index is 12.7. The van der Waals surface area contributed by atoms with Gasteiger partial charge in [-0.05, 0) is 19.1 Å². The van der Waals surface area contributed by atoms with Gasteiger partial charge in [-0.2, -0.15) is 0 Å². The number of carbonyl (C=O) groups is 2. The van der Waals surface area contributed by atoms with Gasteiger partial charge in [-0.25, -0.2) is 9.59 Å². The maximum atomic E-state index is 12.7. The molecule has 28 heavy (non-hydrogen) atoms. The zero-order valence-electron chi connectivity index (χ0n) is 15.4. The molecule has 2 aliphatic rings. The van der Waals surface area contributed by atoms with Gasteiger partial charge in [-0.3, -0.25) is 0 Å². The van der Waals surface area contributed by atoms with Crippen LogP contribution in [0, 0.1) is 6.92 Å². The van der Waals surface area contributed by atoms with Gasteiger partial charge in [0.15, 0.2) is 0 Å². The number of hydrogen-bond donors (Lipinski definition) is 4. The summed E-state index contributed by atoms with van der Waals surface area (Å²) in [5.41, 5.74) is 1.04. The molecule has 3 rings (SSSR count). The Labute approximate surface area is 166 Å². The summed E-state index contributed by atoms with van der Waals surface area (Å²) in [5, 5.41) is 32.1. The molecular formula is C18H23NO8S. The molecule has 0 aromatic heterocycles. The number of hydrogen-bond acceptors (Lipinski definition) is 9. The summed E-state index contributed by atoms with van der Waals surface area (Å²) in [4.78, 5) is 23.6. The predicted molar refractivity (Wildman–Crippen MR) is 97.6 cm³/mol.